The van der Waals surface area contributed by atoms with E-state index in [0.717, 1.165) is 34.1 Å². The predicted octanol–water partition coefficient (Wildman–Crippen LogP) is 4.20. The van der Waals surface area contributed by atoms with E-state index in [1.54, 1.807) is 12.1 Å². The molecule has 57 heavy (non-hydrogen) atoms. The van der Waals surface area contributed by atoms with Gasteiger partial charge >= 0.3 is 22.7 Å². The van der Waals surface area contributed by atoms with Crippen LogP contribution in [0.1, 0.15) is 24.3 Å². The fraction of sp³-hybridized carbons (Fsp3) is 0.333. The summed E-state index contributed by atoms with van der Waals surface area (Å²) in [6, 6.07) is 9.58. The van der Waals surface area contributed by atoms with Gasteiger partial charge in [0, 0.05) is 63.9 Å². The molecule has 0 aromatic heterocycles. The largest absolute Gasteiger partial charge is 0.508 e. The van der Waals surface area contributed by atoms with Crippen LogP contribution in [0.2, 0.25) is 0 Å². The van der Waals surface area contributed by atoms with E-state index in [1.807, 2.05) is 0 Å². The third-order valence-corrected chi connectivity index (χ3v) is 11.2. The van der Waals surface area contributed by atoms with Gasteiger partial charge in [0.25, 0.3) is 0 Å². The molecule has 0 unspecified atom stereocenters. The Morgan fingerprint density at radius 3 is 1.46 bits per heavy atom. The van der Waals surface area contributed by atoms with Crippen LogP contribution in [0, 0.1) is 70.0 Å². The van der Waals surface area contributed by atoms with Gasteiger partial charge in [-0.15, -0.1) is 0 Å². The summed E-state index contributed by atoms with van der Waals surface area (Å²) in [5.74, 6) is -10.5. The summed E-state index contributed by atoms with van der Waals surface area (Å²) < 4.78 is 0. The minimum Gasteiger partial charge on any atom is -0.508 e. The van der Waals surface area contributed by atoms with Crippen molar-refractivity contribution in [2.24, 2.45) is 29.6 Å². The van der Waals surface area contributed by atoms with Crippen LogP contribution in [0.15, 0.2) is 60.2 Å². The Bertz CT molecular complexity index is 2340. The maximum absolute atomic E-state index is 14.5. The molecule has 0 bridgehead atoms. The molecule has 3 aromatic carbocycles. The highest BCUT2D eigenvalue weighted by Crippen LogP contribution is 2.60. The number of anilines is 4. The number of hydrogen-bond acceptors (Lipinski definition) is 15. The van der Waals surface area contributed by atoms with Crippen molar-refractivity contribution in [3.8, 4) is 5.75 Å². The van der Waals surface area contributed by atoms with Gasteiger partial charge in [-0.1, -0.05) is 29.8 Å². The number of aromatic hydroxyl groups is 1. The van der Waals surface area contributed by atoms with E-state index in [0.29, 0.717) is 15.4 Å². The van der Waals surface area contributed by atoms with E-state index in [-0.39, 0.29) is 35.5 Å². The standard InChI is InChI=1S/C36H32N8O13/c1-37(2)31-23(41(50)51)11-16(12-24(31)42(52)53)39-33(46)20-10-9-18-21(29(20)35(39)48)15-22-30(28(18)19-7-5-6-8-27(19)45)36(49)40(34(22)47)17-13-25(43(54)55)32(38(3)4)26(14-17)44(56)57/h5-9,11-14,20-22,28-30,45H,10,15H2,1-4H3/t20-,21+,22+,28+,29-,30+/m0/s1. The summed E-state index contributed by atoms with van der Waals surface area (Å²) in [6.45, 7) is 0. The number of fused-ring (bicyclic) bond motifs is 4. The Morgan fingerprint density at radius 1 is 0.614 bits per heavy atom. The van der Waals surface area contributed by atoms with Gasteiger partial charge in [-0.2, -0.15) is 0 Å². The lowest BCUT2D eigenvalue weighted by molar-refractivity contribution is -0.392. The normalized spacial score (nSPS) is 23.8. The predicted molar refractivity (Wildman–Crippen MR) is 199 cm³/mol. The Balaban J connectivity index is 1.36. The molecule has 7 rings (SSSR count). The zero-order chi connectivity index (χ0) is 41.5. The van der Waals surface area contributed by atoms with Crippen LogP contribution in [0.3, 0.4) is 0 Å². The molecule has 2 saturated heterocycles. The van der Waals surface area contributed by atoms with Crippen molar-refractivity contribution in [2.45, 2.75) is 18.8 Å². The number of hydrogen-bond donors (Lipinski definition) is 1. The molecule has 4 amide bonds. The van der Waals surface area contributed by atoms with Crippen molar-refractivity contribution in [1.82, 2.24) is 0 Å². The molecule has 3 aromatic rings. The Morgan fingerprint density at radius 2 is 1.04 bits per heavy atom. The maximum Gasteiger partial charge on any atom is 0.301 e. The third-order valence-electron chi connectivity index (χ3n) is 11.2. The van der Waals surface area contributed by atoms with E-state index in [9.17, 15) is 64.7 Å². The minimum atomic E-state index is -1.26. The summed E-state index contributed by atoms with van der Waals surface area (Å²) in [4.78, 5) is 106. The zero-order valence-corrected chi connectivity index (χ0v) is 30.5. The first kappa shape index (κ1) is 38.0. The van der Waals surface area contributed by atoms with Crippen LogP contribution >= 0.6 is 0 Å². The first-order valence-corrected chi connectivity index (χ1v) is 17.4. The Kier molecular flexibility index (Phi) is 8.97. The van der Waals surface area contributed by atoms with Crippen molar-refractivity contribution in [1.29, 1.82) is 0 Å². The molecule has 2 aliphatic carbocycles. The Labute approximate surface area is 320 Å². The molecule has 0 radical (unpaired) electrons. The summed E-state index contributed by atoms with van der Waals surface area (Å²) >= 11 is 0. The smallest absolute Gasteiger partial charge is 0.301 e. The molecule has 4 aliphatic rings. The third kappa shape index (κ3) is 5.68. The highest BCUT2D eigenvalue weighted by molar-refractivity contribution is 6.24. The lowest BCUT2D eigenvalue weighted by Gasteiger charge is -2.44. The van der Waals surface area contributed by atoms with Crippen molar-refractivity contribution < 1.29 is 44.0 Å². The number of amides is 4. The van der Waals surface area contributed by atoms with Gasteiger partial charge in [0.15, 0.2) is 11.4 Å². The molecule has 2 aliphatic heterocycles. The van der Waals surface area contributed by atoms with E-state index in [4.69, 9.17) is 0 Å². The second-order valence-corrected chi connectivity index (χ2v) is 14.6. The van der Waals surface area contributed by atoms with Crippen molar-refractivity contribution >= 4 is 69.1 Å². The number of carbonyl (C=O) groups excluding carboxylic acids is 4. The molecule has 0 spiro atoms. The molecule has 2 heterocycles. The molecule has 294 valence electrons. The number of carbonyl (C=O) groups is 4. The average Bonchev–Trinajstić information content (AvgIpc) is 3.56. The maximum atomic E-state index is 14.5. The first-order valence-electron chi connectivity index (χ1n) is 17.4. The second kappa shape index (κ2) is 13.5. The molecular weight excluding hydrogens is 752 g/mol. The molecule has 3 fully saturated rings. The van der Waals surface area contributed by atoms with Gasteiger partial charge < -0.3 is 14.9 Å². The second-order valence-electron chi connectivity index (χ2n) is 14.6. The monoisotopic (exact) mass is 784 g/mol. The highest BCUT2D eigenvalue weighted by atomic mass is 16.6. The van der Waals surface area contributed by atoms with Gasteiger partial charge in [-0.25, -0.2) is 9.80 Å². The molecule has 6 atom stereocenters. The summed E-state index contributed by atoms with van der Waals surface area (Å²) in [5, 5.41) is 59.7. The van der Waals surface area contributed by atoms with Crippen LogP contribution < -0.4 is 19.6 Å². The molecule has 21 nitrogen and oxygen atoms in total. The lowest BCUT2D eigenvalue weighted by Crippen LogP contribution is -2.43. The number of phenolic OH excluding ortho intramolecular Hbond substituents is 1. The van der Waals surface area contributed by atoms with E-state index < -0.39 is 113 Å². The van der Waals surface area contributed by atoms with Crippen LogP contribution in [0.25, 0.3) is 0 Å². The highest BCUT2D eigenvalue weighted by Gasteiger charge is 2.63. The molecule has 1 saturated carbocycles. The number of phenols is 1. The van der Waals surface area contributed by atoms with Crippen molar-refractivity contribution in [2.75, 3.05) is 47.8 Å². The number of imide groups is 2. The topological polar surface area (TPSA) is 274 Å². The van der Waals surface area contributed by atoms with E-state index >= 15 is 0 Å². The van der Waals surface area contributed by atoms with Gasteiger partial charge in [0.2, 0.25) is 23.6 Å². The van der Waals surface area contributed by atoms with Gasteiger partial charge in [-0.05, 0) is 24.8 Å². The van der Waals surface area contributed by atoms with Crippen molar-refractivity contribution in [3.05, 3.63) is 106 Å². The average molecular weight is 785 g/mol. The van der Waals surface area contributed by atoms with Gasteiger partial charge in [0.05, 0.1) is 54.7 Å². The molecular formula is C36H32N8O13. The zero-order valence-electron chi connectivity index (χ0n) is 30.5. The number of para-hydroxylation sites is 1. The van der Waals surface area contributed by atoms with Crippen LogP contribution in [0.4, 0.5) is 45.5 Å². The van der Waals surface area contributed by atoms with E-state index in [2.05, 4.69) is 0 Å². The first-order chi connectivity index (χ1) is 26.9. The summed E-state index contributed by atoms with van der Waals surface area (Å²) in [5.41, 5.74) is -3.89. The van der Waals surface area contributed by atoms with Gasteiger partial charge in [-0.3, -0.25) is 59.6 Å². The number of nitro groups is 4. The number of rotatable bonds is 9. The lowest BCUT2D eigenvalue weighted by atomic mass is 9.57. The van der Waals surface area contributed by atoms with E-state index in [1.165, 1.54) is 46.4 Å². The quantitative estimate of drug-likeness (QED) is 0.138. The minimum absolute atomic E-state index is 0.0741. The van der Waals surface area contributed by atoms with Crippen LogP contribution in [-0.4, -0.2) is 76.6 Å². The fourth-order valence-corrected chi connectivity index (χ4v) is 9.11. The van der Waals surface area contributed by atoms with Crippen LogP contribution in [-0.2, 0) is 19.2 Å². The summed E-state index contributed by atoms with van der Waals surface area (Å²) in [7, 11) is 5.43. The molecule has 21 heteroatoms. The van der Waals surface area contributed by atoms with Crippen molar-refractivity contribution in [3.63, 3.8) is 0 Å². The Hall–Kier alpha value is -7.32. The number of benzene rings is 3. The fourth-order valence-electron chi connectivity index (χ4n) is 9.11. The SMILES string of the molecule is CN(C)c1c([N+](=O)[O-])cc(N2C(=O)[C@H]3[C@H](CC=C4[C@H]3C[C@H]3C(=O)N(c5cc([N+](=O)[O-])c(N(C)C)c([N+](=O)[O-])c5)C(=O)[C@H]3[C@H]4c3ccccc3O)C2=O)cc1[N+](=O)[O-]. The summed E-state index contributed by atoms with van der Waals surface area (Å²) in [6.07, 6.45) is 1.36. The number of allylic oxidation sites excluding steroid dienone is 2. The van der Waals surface area contributed by atoms with Gasteiger partial charge in [0.1, 0.15) is 5.75 Å². The van der Waals surface area contributed by atoms with Crippen LogP contribution in [0.5, 0.6) is 5.75 Å². The number of nitro benzene ring substituents is 4. The molecule has 1 N–H and O–H groups in total. The number of nitrogens with zero attached hydrogens (tertiary/aromatic N) is 8.